The summed E-state index contributed by atoms with van der Waals surface area (Å²) in [5, 5.41) is 5.81. The van der Waals surface area contributed by atoms with Crippen LogP contribution in [0.1, 0.15) is 48.2 Å². The summed E-state index contributed by atoms with van der Waals surface area (Å²) in [5.41, 5.74) is -0.472. The van der Waals surface area contributed by atoms with E-state index < -0.39 is 17.8 Å². The van der Waals surface area contributed by atoms with Gasteiger partial charge in [0.15, 0.2) is 0 Å². The molecule has 0 saturated heterocycles. The number of carbonyl (C=O) groups excluding carboxylic acids is 1. The molecule has 0 unspecified atom stereocenters. The molecule has 1 saturated carbocycles. The predicted molar refractivity (Wildman–Crippen MR) is 96.5 cm³/mol. The van der Waals surface area contributed by atoms with E-state index in [-0.39, 0.29) is 5.69 Å². The quantitative estimate of drug-likeness (QED) is 0.789. The third-order valence-electron chi connectivity index (χ3n) is 4.65. The first-order valence-corrected chi connectivity index (χ1v) is 8.97. The molecule has 2 heterocycles. The van der Waals surface area contributed by atoms with Crippen molar-refractivity contribution in [1.29, 1.82) is 0 Å². The molecule has 27 heavy (non-hydrogen) atoms. The molecule has 1 fully saturated rings. The van der Waals surface area contributed by atoms with E-state index in [4.69, 9.17) is 0 Å². The van der Waals surface area contributed by atoms with Crippen LogP contribution in [0.2, 0.25) is 0 Å². The first kappa shape index (κ1) is 19.1. The maximum atomic E-state index is 12.6. The predicted octanol–water partition coefficient (Wildman–Crippen LogP) is 4.74. The molecule has 0 spiro atoms. The number of hydrogen-bond donors (Lipinski definition) is 2. The molecule has 2 N–H and O–H groups in total. The number of halogens is 3. The Morgan fingerprint density at radius 1 is 1.11 bits per heavy atom. The minimum absolute atomic E-state index is 0.190. The average molecular weight is 378 g/mol. The van der Waals surface area contributed by atoms with Crippen LogP contribution in [-0.4, -0.2) is 22.4 Å². The van der Waals surface area contributed by atoms with Gasteiger partial charge in [-0.05, 0) is 43.0 Å². The van der Waals surface area contributed by atoms with E-state index >= 15 is 0 Å². The zero-order chi connectivity index (χ0) is 19.3. The zero-order valence-corrected chi connectivity index (χ0v) is 14.7. The van der Waals surface area contributed by atoms with Gasteiger partial charge in [-0.25, -0.2) is 9.97 Å². The van der Waals surface area contributed by atoms with Gasteiger partial charge in [0.25, 0.3) is 5.91 Å². The maximum absolute atomic E-state index is 12.6. The number of rotatable bonds is 5. The second kappa shape index (κ2) is 8.37. The van der Waals surface area contributed by atoms with Crippen molar-refractivity contribution < 1.29 is 18.0 Å². The van der Waals surface area contributed by atoms with Crippen molar-refractivity contribution in [3.8, 4) is 0 Å². The number of carbonyl (C=O) groups is 1. The summed E-state index contributed by atoms with van der Waals surface area (Å²) in [5.74, 6) is 0.590. The monoisotopic (exact) mass is 378 g/mol. The second-order valence-corrected chi connectivity index (χ2v) is 6.67. The smallest absolute Gasteiger partial charge is 0.369 e. The highest BCUT2D eigenvalue weighted by atomic mass is 19.4. The van der Waals surface area contributed by atoms with E-state index in [1.807, 2.05) is 0 Å². The van der Waals surface area contributed by atoms with Gasteiger partial charge in [0, 0.05) is 12.7 Å². The van der Waals surface area contributed by atoms with Crippen molar-refractivity contribution in [2.75, 3.05) is 17.2 Å². The van der Waals surface area contributed by atoms with Gasteiger partial charge >= 0.3 is 6.18 Å². The largest absolute Gasteiger partial charge is 0.433 e. The number of anilines is 2. The highest BCUT2D eigenvalue weighted by Crippen LogP contribution is 2.28. The van der Waals surface area contributed by atoms with Gasteiger partial charge in [0.05, 0.1) is 17.4 Å². The number of nitrogens with one attached hydrogen (secondary N) is 2. The van der Waals surface area contributed by atoms with E-state index in [1.54, 1.807) is 18.3 Å². The standard InChI is InChI=1S/C19H21F3N4O/c20-19(21,22)16-9-8-14(12-24-16)26-18(27)15-7-4-10-23-17(15)25-11-13-5-2-1-3-6-13/h4,7-10,12-13H,1-3,5-6,11H2,(H,23,25)(H,26,27). The van der Waals surface area contributed by atoms with Gasteiger partial charge in [0.2, 0.25) is 0 Å². The summed E-state index contributed by atoms with van der Waals surface area (Å²) in [6.07, 6.45) is 4.13. The fourth-order valence-electron chi connectivity index (χ4n) is 3.20. The molecule has 0 aliphatic heterocycles. The van der Waals surface area contributed by atoms with Crippen molar-refractivity contribution in [3.05, 3.63) is 47.9 Å². The Hall–Kier alpha value is -2.64. The Bertz CT molecular complexity index is 771. The summed E-state index contributed by atoms with van der Waals surface area (Å²) in [6.45, 7) is 0.749. The lowest BCUT2D eigenvalue weighted by molar-refractivity contribution is -0.141. The highest BCUT2D eigenvalue weighted by molar-refractivity contribution is 6.07. The first-order chi connectivity index (χ1) is 12.9. The molecule has 1 aliphatic carbocycles. The topological polar surface area (TPSA) is 66.9 Å². The van der Waals surface area contributed by atoms with Gasteiger partial charge in [-0.2, -0.15) is 13.2 Å². The molecular formula is C19H21F3N4O. The summed E-state index contributed by atoms with van der Waals surface area (Å²) < 4.78 is 37.7. The number of hydrogen-bond acceptors (Lipinski definition) is 4. The Balaban J connectivity index is 1.65. The third kappa shape index (κ3) is 5.18. The lowest BCUT2D eigenvalue weighted by atomic mass is 9.89. The Morgan fingerprint density at radius 2 is 1.89 bits per heavy atom. The van der Waals surface area contributed by atoms with E-state index in [0.717, 1.165) is 18.8 Å². The first-order valence-electron chi connectivity index (χ1n) is 8.97. The van der Waals surface area contributed by atoms with Gasteiger partial charge in [-0.3, -0.25) is 4.79 Å². The fraction of sp³-hybridized carbons (Fsp3) is 0.421. The molecule has 8 heteroatoms. The van der Waals surface area contributed by atoms with Crippen LogP contribution in [0.4, 0.5) is 24.7 Å². The SMILES string of the molecule is O=C(Nc1ccc(C(F)(F)F)nc1)c1cccnc1NCC1CCCCC1. The third-order valence-corrected chi connectivity index (χ3v) is 4.65. The number of amides is 1. The molecule has 0 aromatic carbocycles. The Labute approximate surface area is 155 Å². The molecular weight excluding hydrogens is 357 g/mol. The molecule has 144 valence electrons. The fourth-order valence-corrected chi connectivity index (χ4v) is 3.20. The molecule has 0 radical (unpaired) electrons. The molecule has 0 bridgehead atoms. The van der Waals surface area contributed by atoms with Gasteiger partial charge in [-0.1, -0.05) is 19.3 Å². The summed E-state index contributed by atoms with van der Waals surface area (Å²) >= 11 is 0. The van der Waals surface area contributed by atoms with Crippen molar-refractivity contribution in [2.24, 2.45) is 5.92 Å². The molecule has 0 atom stereocenters. The van der Waals surface area contributed by atoms with Crippen LogP contribution in [-0.2, 0) is 6.18 Å². The van der Waals surface area contributed by atoms with Crippen LogP contribution < -0.4 is 10.6 Å². The number of nitrogens with zero attached hydrogens (tertiary/aromatic N) is 2. The highest BCUT2D eigenvalue weighted by Gasteiger charge is 2.32. The Kier molecular flexibility index (Phi) is 5.93. The lowest BCUT2D eigenvalue weighted by Crippen LogP contribution is -2.21. The van der Waals surface area contributed by atoms with Crippen molar-refractivity contribution >= 4 is 17.4 Å². The minimum Gasteiger partial charge on any atom is -0.369 e. The molecule has 2 aromatic heterocycles. The van der Waals surface area contributed by atoms with E-state index in [2.05, 4.69) is 20.6 Å². The lowest BCUT2D eigenvalue weighted by Gasteiger charge is -2.22. The number of pyridine rings is 2. The zero-order valence-electron chi connectivity index (χ0n) is 14.7. The molecule has 2 aromatic rings. The van der Waals surface area contributed by atoms with E-state index in [0.29, 0.717) is 17.3 Å². The van der Waals surface area contributed by atoms with E-state index in [1.165, 1.54) is 38.2 Å². The molecule has 5 nitrogen and oxygen atoms in total. The maximum Gasteiger partial charge on any atom is 0.433 e. The molecule has 1 aliphatic rings. The van der Waals surface area contributed by atoms with E-state index in [9.17, 15) is 18.0 Å². The Morgan fingerprint density at radius 3 is 2.56 bits per heavy atom. The number of alkyl halides is 3. The molecule has 1 amide bonds. The van der Waals surface area contributed by atoms with Crippen molar-refractivity contribution in [1.82, 2.24) is 9.97 Å². The normalized spacial score (nSPS) is 15.4. The summed E-state index contributed by atoms with van der Waals surface area (Å²) in [4.78, 5) is 20.1. The van der Waals surface area contributed by atoms with Crippen LogP contribution in [0.25, 0.3) is 0 Å². The van der Waals surface area contributed by atoms with Crippen LogP contribution >= 0.6 is 0 Å². The summed E-state index contributed by atoms with van der Waals surface area (Å²) in [7, 11) is 0. The average Bonchev–Trinajstić information content (AvgIpc) is 2.67. The van der Waals surface area contributed by atoms with Crippen LogP contribution in [0.3, 0.4) is 0 Å². The summed E-state index contributed by atoms with van der Waals surface area (Å²) in [6, 6.07) is 5.29. The number of aromatic nitrogens is 2. The van der Waals surface area contributed by atoms with Crippen LogP contribution in [0, 0.1) is 5.92 Å². The van der Waals surface area contributed by atoms with Gasteiger partial charge in [0.1, 0.15) is 11.5 Å². The minimum atomic E-state index is -4.51. The van der Waals surface area contributed by atoms with Crippen LogP contribution in [0.15, 0.2) is 36.7 Å². The van der Waals surface area contributed by atoms with Crippen molar-refractivity contribution in [2.45, 2.75) is 38.3 Å². The van der Waals surface area contributed by atoms with Crippen molar-refractivity contribution in [3.63, 3.8) is 0 Å². The van der Waals surface area contributed by atoms with Crippen LogP contribution in [0.5, 0.6) is 0 Å². The van der Waals surface area contributed by atoms with Gasteiger partial charge in [-0.15, -0.1) is 0 Å². The van der Waals surface area contributed by atoms with Gasteiger partial charge < -0.3 is 10.6 Å². The molecule has 3 rings (SSSR count). The second-order valence-electron chi connectivity index (χ2n) is 6.67.